The van der Waals surface area contributed by atoms with Gasteiger partial charge in [0.2, 0.25) is 0 Å². The van der Waals surface area contributed by atoms with Gasteiger partial charge in [0.05, 0.1) is 16.8 Å². The molecule has 1 fully saturated rings. The predicted octanol–water partition coefficient (Wildman–Crippen LogP) is 2.15. The van der Waals surface area contributed by atoms with Crippen LogP contribution in [0.2, 0.25) is 0 Å². The fraction of sp³-hybridized carbons (Fsp3) is 0.538. The number of halogens is 1. The van der Waals surface area contributed by atoms with Crippen molar-refractivity contribution in [2.45, 2.75) is 36.7 Å². The van der Waals surface area contributed by atoms with Crippen LogP contribution in [0.25, 0.3) is 0 Å². The van der Waals surface area contributed by atoms with Gasteiger partial charge in [-0.25, -0.2) is 12.8 Å². The summed E-state index contributed by atoms with van der Waals surface area (Å²) in [5.41, 5.74) is 0. The van der Waals surface area contributed by atoms with E-state index in [4.69, 9.17) is 0 Å². The number of aliphatic hydroxyl groups excluding tert-OH is 1. The van der Waals surface area contributed by atoms with E-state index in [1.165, 1.54) is 12.1 Å². The second-order valence-corrected chi connectivity index (χ2v) is 6.88. The molecule has 1 N–H and O–H groups in total. The van der Waals surface area contributed by atoms with Gasteiger partial charge in [-0.15, -0.1) is 0 Å². The third-order valence-electron chi connectivity index (χ3n) is 3.48. The molecule has 0 radical (unpaired) electrons. The summed E-state index contributed by atoms with van der Waals surface area (Å²) in [6, 6.07) is 4.84. The van der Waals surface area contributed by atoms with Gasteiger partial charge >= 0.3 is 0 Å². The number of benzene rings is 1. The van der Waals surface area contributed by atoms with Crippen molar-refractivity contribution in [1.29, 1.82) is 0 Å². The lowest BCUT2D eigenvalue weighted by Gasteiger charge is -2.27. The minimum Gasteiger partial charge on any atom is -0.393 e. The summed E-state index contributed by atoms with van der Waals surface area (Å²) in [5.74, 6) is -0.708. The molecule has 1 aliphatic carbocycles. The maximum absolute atomic E-state index is 12.8. The Hall–Kier alpha value is -0.940. The van der Waals surface area contributed by atoms with Gasteiger partial charge in [-0.2, -0.15) is 0 Å². The first-order chi connectivity index (χ1) is 8.49. The van der Waals surface area contributed by atoms with E-state index in [-0.39, 0.29) is 16.6 Å². The van der Waals surface area contributed by atoms with E-state index in [1.54, 1.807) is 0 Å². The van der Waals surface area contributed by atoms with Crippen LogP contribution in [0.4, 0.5) is 4.39 Å². The van der Waals surface area contributed by atoms with E-state index in [0.717, 1.165) is 31.4 Å². The largest absolute Gasteiger partial charge is 0.393 e. The molecule has 1 aliphatic rings. The molecule has 100 valence electrons. The zero-order valence-electron chi connectivity index (χ0n) is 10.0. The zero-order valence-corrected chi connectivity index (χ0v) is 10.9. The lowest BCUT2D eigenvalue weighted by molar-refractivity contribution is 0.0807. The quantitative estimate of drug-likeness (QED) is 0.858. The summed E-state index contributed by atoms with van der Waals surface area (Å²) in [5, 5.41) is 9.80. The average Bonchev–Trinajstić information content (AvgIpc) is 2.32. The Morgan fingerprint density at radius 3 is 2.39 bits per heavy atom. The van der Waals surface area contributed by atoms with Crippen LogP contribution in [0.15, 0.2) is 29.2 Å². The molecule has 0 spiro atoms. The van der Waals surface area contributed by atoms with Gasteiger partial charge in [-0.1, -0.05) is 12.8 Å². The van der Waals surface area contributed by atoms with Gasteiger partial charge in [0.15, 0.2) is 9.84 Å². The molecule has 1 aromatic carbocycles. The molecule has 0 heterocycles. The molecule has 5 heteroatoms. The molecular weight excluding hydrogens is 255 g/mol. The van der Waals surface area contributed by atoms with Crippen LogP contribution in [-0.2, 0) is 9.84 Å². The Kier molecular flexibility index (Phi) is 4.02. The number of hydrogen-bond donors (Lipinski definition) is 1. The standard InChI is InChI=1S/C13H17FO3S/c14-11-5-7-12(8-6-11)18(16,17)9-10-3-1-2-4-13(10)15/h5-8,10,13,15H,1-4,9H2. The van der Waals surface area contributed by atoms with Crippen LogP contribution in [-0.4, -0.2) is 25.4 Å². The molecule has 3 nitrogen and oxygen atoms in total. The van der Waals surface area contributed by atoms with E-state index in [9.17, 15) is 17.9 Å². The maximum Gasteiger partial charge on any atom is 0.178 e. The van der Waals surface area contributed by atoms with E-state index in [2.05, 4.69) is 0 Å². The van der Waals surface area contributed by atoms with Gasteiger partial charge in [0, 0.05) is 0 Å². The topological polar surface area (TPSA) is 54.4 Å². The van der Waals surface area contributed by atoms with E-state index >= 15 is 0 Å². The van der Waals surface area contributed by atoms with Crippen LogP contribution < -0.4 is 0 Å². The summed E-state index contributed by atoms with van der Waals surface area (Å²) >= 11 is 0. The summed E-state index contributed by atoms with van der Waals surface area (Å²) in [7, 11) is -3.44. The molecule has 2 rings (SSSR count). The minimum atomic E-state index is -3.44. The van der Waals surface area contributed by atoms with Crippen molar-refractivity contribution in [2.24, 2.45) is 5.92 Å². The summed E-state index contributed by atoms with van der Waals surface area (Å²) in [6.07, 6.45) is 2.79. The maximum atomic E-state index is 12.8. The summed E-state index contributed by atoms with van der Waals surface area (Å²) in [4.78, 5) is 0.127. The van der Waals surface area contributed by atoms with Gasteiger partial charge in [-0.05, 0) is 43.0 Å². The number of aliphatic hydroxyl groups is 1. The highest BCUT2D eigenvalue weighted by molar-refractivity contribution is 7.91. The van der Waals surface area contributed by atoms with Gasteiger partial charge < -0.3 is 5.11 Å². The van der Waals surface area contributed by atoms with Crippen LogP contribution in [0.5, 0.6) is 0 Å². The van der Waals surface area contributed by atoms with Crippen molar-refractivity contribution in [1.82, 2.24) is 0 Å². The molecule has 0 bridgehead atoms. The minimum absolute atomic E-state index is 0.0558. The van der Waals surface area contributed by atoms with Crippen LogP contribution in [0.1, 0.15) is 25.7 Å². The normalized spacial score (nSPS) is 25.0. The van der Waals surface area contributed by atoms with Crippen molar-refractivity contribution < 1.29 is 17.9 Å². The molecule has 1 aromatic rings. The van der Waals surface area contributed by atoms with Crippen molar-refractivity contribution in [3.63, 3.8) is 0 Å². The molecule has 0 aliphatic heterocycles. The first kappa shape index (κ1) is 13.5. The smallest absolute Gasteiger partial charge is 0.178 e. The SMILES string of the molecule is O=S(=O)(CC1CCCCC1O)c1ccc(F)cc1. The van der Waals surface area contributed by atoms with E-state index < -0.39 is 21.8 Å². The fourth-order valence-electron chi connectivity index (χ4n) is 2.40. The Morgan fingerprint density at radius 1 is 1.17 bits per heavy atom. The summed E-state index contributed by atoms with van der Waals surface area (Å²) < 4.78 is 37.0. The first-order valence-electron chi connectivity index (χ1n) is 6.15. The highest BCUT2D eigenvalue weighted by Gasteiger charge is 2.28. The molecule has 0 aromatic heterocycles. The summed E-state index contributed by atoms with van der Waals surface area (Å²) in [6.45, 7) is 0. The zero-order chi connectivity index (χ0) is 13.2. The lowest BCUT2D eigenvalue weighted by Crippen LogP contribution is -2.30. The van der Waals surface area contributed by atoms with Gasteiger partial charge in [0.25, 0.3) is 0 Å². The predicted molar refractivity (Wildman–Crippen MR) is 66.4 cm³/mol. The number of hydrogen-bond acceptors (Lipinski definition) is 3. The third kappa shape index (κ3) is 3.09. The highest BCUT2D eigenvalue weighted by atomic mass is 32.2. The Balaban J connectivity index is 2.13. The molecule has 18 heavy (non-hydrogen) atoms. The molecule has 0 amide bonds. The highest BCUT2D eigenvalue weighted by Crippen LogP contribution is 2.27. The molecule has 2 atom stereocenters. The van der Waals surface area contributed by atoms with Crippen LogP contribution >= 0.6 is 0 Å². The Labute approximate surface area is 107 Å². The monoisotopic (exact) mass is 272 g/mol. The first-order valence-corrected chi connectivity index (χ1v) is 7.81. The molecular formula is C13H17FO3S. The Morgan fingerprint density at radius 2 is 1.78 bits per heavy atom. The Bertz CT molecular complexity index is 495. The molecule has 1 saturated carbocycles. The van der Waals surface area contributed by atoms with Crippen molar-refractivity contribution >= 4 is 9.84 Å². The van der Waals surface area contributed by atoms with E-state index in [1.807, 2.05) is 0 Å². The van der Waals surface area contributed by atoms with Crippen molar-refractivity contribution in [3.05, 3.63) is 30.1 Å². The lowest BCUT2D eigenvalue weighted by atomic mass is 9.88. The molecule has 0 saturated heterocycles. The van der Waals surface area contributed by atoms with Crippen molar-refractivity contribution in [2.75, 3.05) is 5.75 Å². The van der Waals surface area contributed by atoms with Gasteiger partial charge in [-0.3, -0.25) is 0 Å². The van der Waals surface area contributed by atoms with Crippen molar-refractivity contribution in [3.8, 4) is 0 Å². The third-order valence-corrected chi connectivity index (χ3v) is 5.33. The average molecular weight is 272 g/mol. The second kappa shape index (κ2) is 5.36. The fourth-order valence-corrected chi connectivity index (χ4v) is 4.10. The van der Waals surface area contributed by atoms with Crippen LogP contribution in [0, 0.1) is 11.7 Å². The van der Waals surface area contributed by atoms with Gasteiger partial charge in [0.1, 0.15) is 5.82 Å². The second-order valence-electron chi connectivity index (χ2n) is 4.85. The molecule has 2 unspecified atom stereocenters. The number of sulfone groups is 1. The van der Waals surface area contributed by atoms with Crippen LogP contribution in [0.3, 0.4) is 0 Å². The van der Waals surface area contributed by atoms with E-state index in [0.29, 0.717) is 6.42 Å². The number of rotatable bonds is 3.